The molecule has 0 aliphatic carbocycles. The lowest BCUT2D eigenvalue weighted by Crippen LogP contribution is -2.52. The maximum Gasteiger partial charge on any atom is 0.289 e. The third kappa shape index (κ3) is 3.11. The normalized spacial score (nSPS) is 20.8. The van der Waals surface area contributed by atoms with Gasteiger partial charge in [0.1, 0.15) is 11.8 Å². The summed E-state index contributed by atoms with van der Waals surface area (Å²) < 4.78 is 13.4. The first kappa shape index (κ1) is 16.1. The van der Waals surface area contributed by atoms with E-state index in [1.807, 2.05) is 12.1 Å². The lowest BCUT2D eigenvalue weighted by molar-refractivity contribution is -0.120. The number of hydrogen-bond donors (Lipinski definition) is 0. The molecule has 2 aliphatic heterocycles. The van der Waals surface area contributed by atoms with E-state index in [2.05, 4.69) is 19.9 Å². The predicted molar refractivity (Wildman–Crippen MR) is 87.7 cm³/mol. The van der Waals surface area contributed by atoms with E-state index in [4.69, 9.17) is 5.26 Å². The van der Waals surface area contributed by atoms with Crippen molar-refractivity contribution in [1.29, 1.82) is 5.26 Å². The van der Waals surface area contributed by atoms with Gasteiger partial charge in [-0.2, -0.15) is 10.3 Å². The Labute approximate surface area is 139 Å². The number of nitriles is 1. The minimum absolute atomic E-state index is 0.149. The van der Waals surface area contributed by atoms with Gasteiger partial charge in [-0.15, -0.1) is 0 Å². The highest BCUT2D eigenvalue weighted by Gasteiger charge is 2.31. The van der Waals surface area contributed by atoms with Crippen LogP contribution >= 0.6 is 0 Å². The molecule has 1 aromatic heterocycles. The van der Waals surface area contributed by atoms with Crippen LogP contribution in [0.5, 0.6) is 0 Å². The number of aromatic nitrogens is 1. The van der Waals surface area contributed by atoms with Crippen LogP contribution in [0.4, 0.5) is 10.1 Å². The average molecular weight is 328 g/mol. The predicted octanol–water partition coefficient (Wildman–Crippen LogP) is 1.02. The largest absolute Gasteiger partial charge is 0.369 e. The first-order valence-electron chi connectivity index (χ1n) is 7.62. The number of nitrogens with zero attached hydrogens (tertiary/aromatic N) is 6. The van der Waals surface area contributed by atoms with Crippen LogP contribution < -0.4 is 4.90 Å². The highest BCUT2D eigenvalue weighted by molar-refractivity contribution is 6.16. The first-order chi connectivity index (χ1) is 11.5. The molecule has 1 unspecified atom stereocenters. The van der Waals surface area contributed by atoms with Gasteiger partial charge in [-0.1, -0.05) is 0 Å². The van der Waals surface area contributed by atoms with Crippen LogP contribution in [0.1, 0.15) is 12.6 Å². The second-order valence-electron chi connectivity index (χ2n) is 6.03. The molecule has 3 rings (SSSR count). The number of pyridine rings is 1. The Morgan fingerprint density at radius 2 is 2.17 bits per heavy atom. The molecule has 0 aromatic carbocycles. The number of halogens is 1. The molecule has 124 valence electrons. The summed E-state index contributed by atoms with van der Waals surface area (Å²) in [6.07, 6.45) is -0.0255. The number of carbonyl (C=O) groups is 1. The van der Waals surface area contributed by atoms with Crippen LogP contribution in [0.25, 0.3) is 0 Å². The van der Waals surface area contributed by atoms with Gasteiger partial charge in [-0.3, -0.25) is 4.79 Å². The molecule has 3 heterocycles. The maximum atomic E-state index is 13.4. The fraction of sp³-hybridized carbons (Fsp3) is 0.438. The summed E-state index contributed by atoms with van der Waals surface area (Å²) in [5.74, 6) is -0.129. The summed E-state index contributed by atoms with van der Waals surface area (Å²) >= 11 is 0. The van der Waals surface area contributed by atoms with Gasteiger partial charge in [0.2, 0.25) is 12.1 Å². The molecule has 1 saturated heterocycles. The quantitative estimate of drug-likeness (QED) is 0.827. The van der Waals surface area contributed by atoms with Crippen molar-refractivity contribution >= 4 is 23.3 Å². The van der Waals surface area contributed by atoms with E-state index in [-0.39, 0.29) is 11.7 Å². The van der Waals surface area contributed by atoms with Crippen molar-refractivity contribution in [2.75, 3.05) is 31.6 Å². The van der Waals surface area contributed by atoms with Crippen molar-refractivity contribution in [3.05, 3.63) is 24.0 Å². The highest BCUT2D eigenvalue weighted by atomic mass is 19.1. The Balaban J connectivity index is 1.55. The zero-order valence-electron chi connectivity index (χ0n) is 13.5. The van der Waals surface area contributed by atoms with E-state index < -0.39 is 12.1 Å². The summed E-state index contributed by atoms with van der Waals surface area (Å²) in [4.78, 5) is 27.2. The maximum absolute atomic E-state index is 13.4. The lowest BCUT2D eigenvalue weighted by atomic mass is 9.99. The van der Waals surface area contributed by atoms with E-state index in [1.165, 1.54) is 6.92 Å². The van der Waals surface area contributed by atoms with Crippen LogP contribution in [0, 0.1) is 17.2 Å². The molecule has 0 saturated carbocycles. The van der Waals surface area contributed by atoms with Crippen molar-refractivity contribution in [1.82, 2.24) is 9.88 Å². The highest BCUT2D eigenvalue weighted by Crippen LogP contribution is 2.24. The Hall–Kier alpha value is -2.82. The number of carbonyl (C=O) groups excluding carboxylic acids is 1. The minimum Gasteiger partial charge on any atom is -0.369 e. The van der Waals surface area contributed by atoms with Crippen LogP contribution in [0.15, 0.2) is 28.3 Å². The summed E-state index contributed by atoms with van der Waals surface area (Å²) in [6, 6.07) is 5.57. The summed E-state index contributed by atoms with van der Waals surface area (Å²) in [5.41, 5.74) is 1.53. The number of amides is 1. The Kier molecular flexibility index (Phi) is 4.25. The van der Waals surface area contributed by atoms with Crippen molar-refractivity contribution < 1.29 is 9.18 Å². The van der Waals surface area contributed by atoms with Crippen LogP contribution in [-0.2, 0) is 4.79 Å². The standard InChI is InChI=1S/C16H17FN6O/c1-10-14(17)15(24)21-16(20-10)22(2)7-11-8-23(9-11)13-4-3-12(5-18)19-6-13/h3-4,6,11,14H,7-9H2,1-2H3. The lowest BCUT2D eigenvalue weighted by Gasteiger charge is -2.42. The van der Waals surface area contributed by atoms with Crippen molar-refractivity contribution in [2.45, 2.75) is 13.1 Å². The van der Waals surface area contributed by atoms with Crippen LogP contribution in [-0.4, -0.2) is 60.3 Å². The van der Waals surface area contributed by atoms with Gasteiger partial charge in [0, 0.05) is 32.6 Å². The monoisotopic (exact) mass is 328 g/mol. The van der Waals surface area contributed by atoms with Gasteiger partial charge < -0.3 is 9.80 Å². The molecular weight excluding hydrogens is 311 g/mol. The molecule has 1 aromatic rings. The number of aliphatic imine (C=N–C) groups is 2. The van der Waals surface area contributed by atoms with Gasteiger partial charge in [0.25, 0.3) is 5.91 Å². The second-order valence-corrected chi connectivity index (χ2v) is 6.03. The summed E-state index contributed by atoms with van der Waals surface area (Å²) in [5, 5.41) is 8.76. The molecule has 24 heavy (non-hydrogen) atoms. The fourth-order valence-corrected chi connectivity index (χ4v) is 2.75. The van der Waals surface area contributed by atoms with Gasteiger partial charge in [0.15, 0.2) is 0 Å². The smallest absolute Gasteiger partial charge is 0.289 e. The summed E-state index contributed by atoms with van der Waals surface area (Å²) in [7, 11) is 1.80. The molecular formula is C16H17FN6O. The van der Waals surface area contributed by atoms with E-state index >= 15 is 0 Å². The number of alkyl halides is 1. The third-order valence-electron chi connectivity index (χ3n) is 4.13. The Morgan fingerprint density at radius 1 is 1.42 bits per heavy atom. The molecule has 1 atom stereocenters. The first-order valence-corrected chi connectivity index (χ1v) is 7.62. The van der Waals surface area contributed by atoms with E-state index in [1.54, 1.807) is 24.2 Å². The van der Waals surface area contributed by atoms with Gasteiger partial charge in [0.05, 0.1) is 17.6 Å². The van der Waals surface area contributed by atoms with Gasteiger partial charge in [-0.25, -0.2) is 14.4 Å². The second kappa shape index (κ2) is 6.35. The molecule has 0 bridgehead atoms. The number of hydrogen-bond acceptors (Lipinski definition) is 6. The number of guanidine groups is 1. The molecule has 1 amide bonds. The van der Waals surface area contributed by atoms with E-state index in [9.17, 15) is 9.18 Å². The molecule has 2 aliphatic rings. The van der Waals surface area contributed by atoms with Gasteiger partial charge >= 0.3 is 0 Å². The van der Waals surface area contributed by atoms with Crippen LogP contribution in [0.3, 0.4) is 0 Å². The zero-order chi connectivity index (χ0) is 17.3. The molecule has 1 fully saturated rings. The van der Waals surface area contributed by atoms with Crippen molar-refractivity contribution in [2.24, 2.45) is 15.9 Å². The van der Waals surface area contributed by atoms with Crippen molar-refractivity contribution in [3.63, 3.8) is 0 Å². The molecule has 0 N–H and O–H groups in total. The van der Waals surface area contributed by atoms with Crippen LogP contribution in [0.2, 0.25) is 0 Å². The van der Waals surface area contributed by atoms with Gasteiger partial charge in [-0.05, 0) is 19.1 Å². The molecule has 7 nitrogen and oxygen atoms in total. The SMILES string of the molecule is CC1=NC(N(C)CC2CN(c3ccc(C#N)nc3)C2)=NC(=O)C1F. The average Bonchev–Trinajstić information content (AvgIpc) is 2.55. The fourth-order valence-electron chi connectivity index (χ4n) is 2.75. The summed E-state index contributed by atoms with van der Waals surface area (Å²) in [6.45, 7) is 3.86. The molecule has 0 spiro atoms. The van der Waals surface area contributed by atoms with E-state index in [0.717, 1.165) is 18.8 Å². The number of anilines is 1. The van der Waals surface area contributed by atoms with Crippen molar-refractivity contribution in [3.8, 4) is 6.07 Å². The topological polar surface area (TPSA) is 84.9 Å². The third-order valence-corrected chi connectivity index (χ3v) is 4.13. The Bertz CT molecular complexity index is 745. The zero-order valence-corrected chi connectivity index (χ0v) is 13.5. The molecule has 0 radical (unpaired) electrons. The molecule has 8 heteroatoms. The Morgan fingerprint density at radius 3 is 2.75 bits per heavy atom. The minimum atomic E-state index is -1.72. The number of rotatable bonds is 3. The van der Waals surface area contributed by atoms with E-state index in [0.29, 0.717) is 18.2 Å².